The third kappa shape index (κ3) is 3.21. The Morgan fingerprint density at radius 3 is 2.41 bits per heavy atom. The average molecular weight is 308 g/mol. The minimum Gasteiger partial charge on any atom is -0.464 e. The average Bonchev–Trinajstić information content (AvgIpc) is 2.40. The standard InChI is InChI=1S/C16H21FN2O3/c1-16(2,3)19(15(21)22)18-13(5-4-6-14(18)20)11-7-9-12(17)10-8-11/h7-10,13H,4-6H2,1-3H3,(H,21,22). The lowest BCUT2D eigenvalue weighted by molar-refractivity contribution is -0.166. The Labute approximate surface area is 129 Å². The van der Waals surface area contributed by atoms with Gasteiger partial charge in [-0.3, -0.25) is 4.79 Å². The number of halogens is 1. The number of carboxylic acid groups (broad SMARTS) is 1. The molecule has 6 heteroatoms. The van der Waals surface area contributed by atoms with Crippen LogP contribution in [-0.4, -0.2) is 32.7 Å². The summed E-state index contributed by atoms with van der Waals surface area (Å²) in [6, 6.07) is 5.48. The van der Waals surface area contributed by atoms with Crippen LogP contribution in [0.5, 0.6) is 0 Å². The van der Waals surface area contributed by atoms with E-state index in [1.807, 2.05) is 0 Å². The van der Waals surface area contributed by atoms with Gasteiger partial charge in [-0.1, -0.05) is 12.1 Å². The lowest BCUT2D eigenvalue weighted by Crippen LogP contribution is -2.59. The van der Waals surface area contributed by atoms with Crippen LogP contribution >= 0.6 is 0 Å². The van der Waals surface area contributed by atoms with Crippen molar-refractivity contribution in [2.75, 3.05) is 0 Å². The molecule has 1 fully saturated rings. The predicted molar refractivity (Wildman–Crippen MR) is 79.5 cm³/mol. The third-order valence-electron chi connectivity index (χ3n) is 3.71. The second-order valence-electron chi connectivity index (χ2n) is 6.46. The summed E-state index contributed by atoms with van der Waals surface area (Å²) >= 11 is 0. The highest BCUT2D eigenvalue weighted by molar-refractivity contribution is 5.80. The van der Waals surface area contributed by atoms with Gasteiger partial charge in [-0.2, -0.15) is 0 Å². The highest BCUT2D eigenvalue weighted by Crippen LogP contribution is 2.35. The van der Waals surface area contributed by atoms with E-state index in [4.69, 9.17) is 0 Å². The fourth-order valence-electron chi connectivity index (χ4n) is 2.80. The summed E-state index contributed by atoms with van der Waals surface area (Å²) in [6.07, 6.45) is 0.485. The molecule has 0 aliphatic carbocycles. The molecule has 1 unspecified atom stereocenters. The van der Waals surface area contributed by atoms with Crippen molar-refractivity contribution in [2.24, 2.45) is 0 Å². The van der Waals surface area contributed by atoms with E-state index >= 15 is 0 Å². The Morgan fingerprint density at radius 2 is 1.91 bits per heavy atom. The second kappa shape index (κ2) is 5.94. The van der Waals surface area contributed by atoms with E-state index in [0.717, 1.165) is 10.6 Å². The topological polar surface area (TPSA) is 60.9 Å². The van der Waals surface area contributed by atoms with Gasteiger partial charge in [0, 0.05) is 6.42 Å². The SMILES string of the molecule is CC(C)(C)N(C(=O)O)N1C(=O)CCCC1c1ccc(F)cc1. The Hall–Kier alpha value is -2.11. The fourth-order valence-corrected chi connectivity index (χ4v) is 2.80. The molecule has 1 aliphatic heterocycles. The number of benzene rings is 1. The number of hydrazine groups is 1. The first-order valence-electron chi connectivity index (χ1n) is 7.32. The van der Waals surface area contributed by atoms with Gasteiger partial charge in [0.15, 0.2) is 0 Å². The molecule has 0 aromatic heterocycles. The zero-order valence-electron chi connectivity index (χ0n) is 13.0. The van der Waals surface area contributed by atoms with Crippen molar-refractivity contribution in [2.45, 2.75) is 51.6 Å². The van der Waals surface area contributed by atoms with Gasteiger partial charge in [-0.15, -0.1) is 0 Å². The zero-order valence-corrected chi connectivity index (χ0v) is 13.0. The van der Waals surface area contributed by atoms with Gasteiger partial charge >= 0.3 is 6.09 Å². The van der Waals surface area contributed by atoms with Crippen molar-refractivity contribution < 1.29 is 19.1 Å². The van der Waals surface area contributed by atoms with Crippen LogP contribution in [0.15, 0.2) is 24.3 Å². The van der Waals surface area contributed by atoms with Gasteiger partial charge in [0.1, 0.15) is 5.82 Å². The highest BCUT2D eigenvalue weighted by Gasteiger charge is 2.41. The largest absolute Gasteiger partial charge is 0.464 e. The van der Waals surface area contributed by atoms with E-state index in [1.54, 1.807) is 32.9 Å². The number of amides is 2. The Kier molecular flexibility index (Phi) is 4.39. The van der Waals surface area contributed by atoms with Crippen molar-refractivity contribution in [3.8, 4) is 0 Å². The van der Waals surface area contributed by atoms with E-state index in [2.05, 4.69) is 0 Å². The van der Waals surface area contributed by atoms with Crippen LogP contribution in [0.4, 0.5) is 9.18 Å². The van der Waals surface area contributed by atoms with E-state index in [0.29, 0.717) is 19.3 Å². The van der Waals surface area contributed by atoms with Crippen LogP contribution in [0.25, 0.3) is 0 Å². The van der Waals surface area contributed by atoms with Gasteiger partial charge in [0.2, 0.25) is 5.91 Å². The summed E-state index contributed by atoms with van der Waals surface area (Å²) in [4.78, 5) is 24.1. The van der Waals surface area contributed by atoms with Gasteiger partial charge in [-0.05, 0) is 51.3 Å². The van der Waals surface area contributed by atoms with Crippen LogP contribution in [0.1, 0.15) is 51.6 Å². The number of piperidine rings is 1. The molecule has 2 amide bonds. The molecule has 1 heterocycles. The van der Waals surface area contributed by atoms with E-state index < -0.39 is 17.7 Å². The monoisotopic (exact) mass is 308 g/mol. The lowest BCUT2D eigenvalue weighted by atomic mass is 9.95. The quantitative estimate of drug-likeness (QED) is 0.908. The van der Waals surface area contributed by atoms with Gasteiger partial charge < -0.3 is 5.11 Å². The molecule has 1 aliphatic rings. The molecular formula is C16H21FN2O3. The number of carbonyl (C=O) groups excluding carboxylic acids is 1. The summed E-state index contributed by atoms with van der Waals surface area (Å²) in [5.41, 5.74) is -0.0122. The fraction of sp³-hybridized carbons (Fsp3) is 0.500. The summed E-state index contributed by atoms with van der Waals surface area (Å²) in [6.45, 7) is 5.22. The minimum absolute atomic E-state index is 0.224. The molecule has 0 saturated carbocycles. The number of rotatable bonds is 2. The summed E-state index contributed by atoms with van der Waals surface area (Å²) in [5.74, 6) is -0.582. The van der Waals surface area contributed by atoms with Crippen molar-refractivity contribution >= 4 is 12.0 Å². The van der Waals surface area contributed by atoms with Gasteiger partial charge in [0.05, 0.1) is 11.6 Å². The van der Waals surface area contributed by atoms with Crippen LogP contribution in [-0.2, 0) is 4.79 Å². The predicted octanol–water partition coefficient (Wildman–Crippen LogP) is 3.57. The second-order valence-corrected chi connectivity index (χ2v) is 6.46. The maximum atomic E-state index is 13.1. The molecule has 1 saturated heterocycles. The molecule has 1 aromatic rings. The zero-order chi connectivity index (χ0) is 16.5. The number of nitrogens with zero attached hydrogens (tertiary/aromatic N) is 2. The first-order valence-corrected chi connectivity index (χ1v) is 7.32. The molecule has 5 nitrogen and oxygen atoms in total. The van der Waals surface area contributed by atoms with Crippen molar-refractivity contribution in [3.05, 3.63) is 35.6 Å². The van der Waals surface area contributed by atoms with Crippen molar-refractivity contribution in [1.82, 2.24) is 10.0 Å². The molecule has 1 aromatic carbocycles. The van der Waals surface area contributed by atoms with Gasteiger partial charge in [0.25, 0.3) is 0 Å². The minimum atomic E-state index is -1.17. The highest BCUT2D eigenvalue weighted by atomic mass is 19.1. The molecule has 0 bridgehead atoms. The first kappa shape index (κ1) is 16.3. The smallest absolute Gasteiger partial charge is 0.426 e. The molecule has 0 spiro atoms. The van der Waals surface area contributed by atoms with E-state index in [1.165, 1.54) is 17.1 Å². The summed E-state index contributed by atoms with van der Waals surface area (Å²) in [5, 5.41) is 12.0. The number of carbonyl (C=O) groups is 2. The Bertz CT molecular complexity index is 566. The molecule has 1 atom stereocenters. The molecule has 120 valence electrons. The van der Waals surface area contributed by atoms with E-state index in [-0.39, 0.29) is 11.7 Å². The number of hydrogen-bond acceptors (Lipinski definition) is 2. The van der Waals surface area contributed by atoms with Crippen LogP contribution in [0.3, 0.4) is 0 Å². The molecule has 2 rings (SSSR count). The molecule has 22 heavy (non-hydrogen) atoms. The molecule has 0 radical (unpaired) electrons. The summed E-state index contributed by atoms with van der Waals surface area (Å²) < 4.78 is 13.1. The van der Waals surface area contributed by atoms with Crippen LogP contribution in [0.2, 0.25) is 0 Å². The van der Waals surface area contributed by atoms with Gasteiger partial charge in [-0.25, -0.2) is 19.2 Å². The number of hydrogen-bond donors (Lipinski definition) is 1. The normalized spacial score (nSPS) is 19.2. The molecule has 1 N–H and O–H groups in total. The Balaban J connectivity index is 2.44. The third-order valence-corrected chi connectivity index (χ3v) is 3.71. The lowest BCUT2D eigenvalue weighted by Gasteiger charge is -2.47. The molecular weight excluding hydrogens is 287 g/mol. The van der Waals surface area contributed by atoms with Crippen LogP contribution < -0.4 is 0 Å². The Morgan fingerprint density at radius 1 is 1.32 bits per heavy atom. The van der Waals surface area contributed by atoms with E-state index in [9.17, 15) is 19.1 Å². The summed E-state index contributed by atoms with van der Waals surface area (Å²) in [7, 11) is 0. The van der Waals surface area contributed by atoms with Crippen molar-refractivity contribution in [1.29, 1.82) is 0 Å². The van der Waals surface area contributed by atoms with Crippen molar-refractivity contribution in [3.63, 3.8) is 0 Å². The maximum absolute atomic E-state index is 13.1. The maximum Gasteiger partial charge on any atom is 0.426 e. The first-order chi connectivity index (χ1) is 10.2. The van der Waals surface area contributed by atoms with Crippen LogP contribution in [0, 0.1) is 5.82 Å².